The lowest BCUT2D eigenvalue weighted by molar-refractivity contribution is 0.0910. The number of nitrogens with two attached hydrogens (primary N) is 1. The van der Waals surface area contributed by atoms with E-state index in [4.69, 9.17) is 10.8 Å². The summed E-state index contributed by atoms with van der Waals surface area (Å²) in [6.45, 7) is 3.21. The maximum atomic E-state index is 9.18. The molecule has 0 bridgehead atoms. The number of aliphatic hydroxyl groups excluding tert-OH is 2. The number of aromatic nitrogens is 2. The molecule has 0 saturated carbocycles. The molecule has 0 aromatic carbocycles. The van der Waals surface area contributed by atoms with Crippen molar-refractivity contribution in [1.82, 2.24) is 9.78 Å². The number of aryl methyl sites for hydroxylation is 1. The van der Waals surface area contributed by atoms with Gasteiger partial charge in [0.25, 0.3) is 0 Å². The molecule has 6 nitrogen and oxygen atoms in total. The lowest BCUT2D eigenvalue weighted by Gasteiger charge is -2.11. The van der Waals surface area contributed by atoms with E-state index in [0.29, 0.717) is 18.7 Å². The Morgan fingerprint density at radius 3 is 3.00 bits per heavy atom. The molecule has 1 heterocycles. The van der Waals surface area contributed by atoms with Crippen LogP contribution in [0.3, 0.4) is 0 Å². The third-order valence-electron chi connectivity index (χ3n) is 2.28. The molecule has 5 N–H and O–H groups in total. The normalized spacial score (nSPS) is 12.7. The van der Waals surface area contributed by atoms with Crippen LogP contribution in [0, 0.1) is 0 Å². The van der Waals surface area contributed by atoms with Gasteiger partial charge < -0.3 is 21.3 Å². The fourth-order valence-electron chi connectivity index (χ4n) is 1.42. The maximum Gasteiger partial charge on any atom is 0.147 e. The van der Waals surface area contributed by atoms with Crippen LogP contribution < -0.4 is 11.1 Å². The van der Waals surface area contributed by atoms with E-state index in [1.807, 2.05) is 0 Å². The number of anilines is 2. The summed E-state index contributed by atoms with van der Waals surface area (Å²) < 4.78 is 1.81. The first-order chi connectivity index (χ1) is 7.69. The Morgan fingerprint density at radius 2 is 2.38 bits per heavy atom. The van der Waals surface area contributed by atoms with E-state index >= 15 is 0 Å². The molecule has 1 atom stereocenters. The van der Waals surface area contributed by atoms with E-state index in [1.165, 1.54) is 0 Å². The van der Waals surface area contributed by atoms with Gasteiger partial charge in [0, 0.05) is 13.1 Å². The summed E-state index contributed by atoms with van der Waals surface area (Å²) in [5.74, 6) is 0.784. The van der Waals surface area contributed by atoms with Crippen LogP contribution in [0.5, 0.6) is 0 Å². The van der Waals surface area contributed by atoms with Crippen molar-refractivity contribution in [3.63, 3.8) is 0 Å². The molecule has 1 aromatic rings. The quantitative estimate of drug-likeness (QED) is 0.528. The monoisotopic (exact) mass is 228 g/mol. The Balaban J connectivity index is 2.48. The van der Waals surface area contributed by atoms with Crippen molar-refractivity contribution in [3.05, 3.63) is 6.20 Å². The highest BCUT2D eigenvalue weighted by molar-refractivity contribution is 5.60. The Morgan fingerprint density at radius 1 is 1.62 bits per heavy atom. The van der Waals surface area contributed by atoms with Crippen LogP contribution in [0.4, 0.5) is 11.5 Å². The van der Waals surface area contributed by atoms with Gasteiger partial charge in [0.2, 0.25) is 0 Å². The van der Waals surface area contributed by atoms with Gasteiger partial charge in [0.15, 0.2) is 0 Å². The largest absolute Gasteiger partial charge is 0.394 e. The number of hydrogen-bond donors (Lipinski definition) is 4. The first kappa shape index (κ1) is 12.8. The molecule has 0 aliphatic heterocycles. The minimum Gasteiger partial charge on any atom is -0.394 e. The highest BCUT2D eigenvalue weighted by Crippen LogP contribution is 2.17. The van der Waals surface area contributed by atoms with Crippen molar-refractivity contribution in [1.29, 1.82) is 0 Å². The van der Waals surface area contributed by atoms with Crippen molar-refractivity contribution in [2.45, 2.75) is 32.4 Å². The fourth-order valence-corrected chi connectivity index (χ4v) is 1.42. The highest BCUT2D eigenvalue weighted by atomic mass is 16.3. The number of rotatable bonds is 7. The van der Waals surface area contributed by atoms with Gasteiger partial charge in [-0.05, 0) is 12.8 Å². The average molecular weight is 228 g/mol. The molecule has 0 aliphatic rings. The van der Waals surface area contributed by atoms with E-state index in [0.717, 1.165) is 18.8 Å². The van der Waals surface area contributed by atoms with Crippen LogP contribution in [0.2, 0.25) is 0 Å². The maximum absolute atomic E-state index is 9.18. The lowest BCUT2D eigenvalue weighted by atomic mass is 10.2. The van der Waals surface area contributed by atoms with Crippen LogP contribution in [0.1, 0.15) is 19.8 Å². The zero-order valence-electron chi connectivity index (χ0n) is 9.56. The average Bonchev–Trinajstić information content (AvgIpc) is 2.61. The zero-order valence-corrected chi connectivity index (χ0v) is 9.56. The minimum absolute atomic E-state index is 0.217. The lowest BCUT2D eigenvalue weighted by Crippen LogP contribution is -2.18. The van der Waals surface area contributed by atoms with Crippen molar-refractivity contribution >= 4 is 11.5 Å². The Labute approximate surface area is 95.1 Å². The Kier molecular flexibility index (Phi) is 5.07. The summed E-state index contributed by atoms with van der Waals surface area (Å²) in [6, 6.07) is 0. The predicted molar refractivity (Wildman–Crippen MR) is 63.1 cm³/mol. The number of nitrogens with zero attached hydrogens (tertiary/aromatic N) is 2. The molecule has 0 spiro atoms. The van der Waals surface area contributed by atoms with E-state index in [-0.39, 0.29) is 6.61 Å². The second kappa shape index (κ2) is 6.34. The van der Waals surface area contributed by atoms with Crippen molar-refractivity contribution < 1.29 is 10.2 Å². The van der Waals surface area contributed by atoms with Crippen molar-refractivity contribution in [3.8, 4) is 0 Å². The molecule has 1 aromatic heterocycles. The van der Waals surface area contributed by atoms with E-state index in [9.17, 15) is 5.11 Å². The molecule has 1 unspecified atom stereocenters. The predicted octanol–water partition coefficient (Wildman–Crippen LogP) is 0.0305. The third-order valence-corrected chi connectivity index (χ3v) is 2.28. The topological polar surface area (TPSA) is 96.3 Å². The second-order valence-electron chi connectivity index (χ2n) is 3.72. The highest BCUT2D eigenvalue weighted by Gasteiger charge is 2.08. The smallest absolute Gasteiger partial charge is 0.147 e. The second-order valence-corrected chi connectivity index (χ2v) is 3.72. The molecule has 0 fully saturated rings. The van der Waals surface area contributed by atoms with Crippen LogP contribution in [-0.2, 0) is 6.54 Å². The van der Waals surface area contributed by atoms with Crippen LogP contribution in [-0.4, -0.2) is 39.2 Å². The van der Waals surface area contributed by atoms with E-state index in [1.54, 1.807) is 10.9 Å². The number of nitrogens with one attached hydrogen (secondary N) is 1. The molecule has 0 radical (unpaired) electrons. The van der Waals surface area contributed by atoms with Gasteiger partial charge in [-0.3, -0.25) is 0 Å². The summed E-state index contributed by atoms with van der Waals surface area (Å²) in [5.41, 5.74) is 6.37. The molecule has 92 valence electrons. The zero-order chi connectivity index (χ0) is 12.0. The summed E-state index contributed by atoms with van der Waals surface area (Å²) in [7, 11) is 0. The number of aliphatic hydroxyl groups is 2. The Bertz CT molecular complexity index is 314. The van der Waals surface area contributed by atoms with Gasteiger partial charge in [-0.1, -0.05) is 6.92 Å². The third kappa shape index (κ3) is 3.39. The van der Waals surface area contributed by atoms with Gasteiger partial charge in [0.05, 0.1) is 24.6 Å². The van der Waals surface area contributed by atoms with E-state index < -0.39 is 6.10 Å². The summed E-state index contributed by atoms with van der Waals surface area (Å²) in [4.78, 5) is 0. The van der Waals surface area contributed by atoms with Crippen LogP contribution >= 0.6 is 0 Å². The molecule has 0 saturated heterocycles. The van der Waals surface area contributed by atoms with Crippen LogP contribution in [0.25, 0.3) is 0 Å². The molecule has 6 heteroatoms. The summed E-state index contributed by atoms with van der Waals surface area (Å²) in [5, 5.41) is 25.1. The van der Waals surface area contributed by atoms with E-state index in [2.05, 4.69) is 17.3 Å². The molecule has 1 rings (SSSR count). The van der Waals surface area contributed by atoms with Crippen LogP contribution in [0.15, 0.2) is 6.20 Å². The molecule has 16 heavy (non-hydrogen) atoms. The number of nitrogen functional groups attached to an aromatic ring is 1. The van der Waals surface area contributed by atoms with Crippen molar-refractivity contribution in [2.24, 2.45) is 0 Å². The molecular formula is C10H20N4O2. The summed E-state index contributed by atoms with van der Waals surface area (Å²) in [6.07, 6.45) is 2.39. The number of hydrogen-bond acceptors (Lipinski definition) is 5. The van der Waals surface area contributed by atoms with Gasteiger partial charge in [-0.2, -0.15) is 5.10 Å². The van der Waals surface area contributed by atoms with Gasteiger partial charge in [-0.25, -0.2) is 4.68 Å². The minimum atomic E-state index is -0.684. The van der Waals surface area contributed by atoms with Gasteiger partial charge in [0.1, 0.15) is 5.82 Å². The first-order valence-electron chi connectivity index (χ1n) is 5.53. The molecular weight excluding hydrogens is 208 g/mol. The fraction of sp³-hybridized carbons (Fsp3) is 0.700. The van der Waals surface area contributed by atoms with Crippen molar-refractivity contribution in [2.75, 3.05) is 24.2 Å². The Hall–Kier alpha value is -1.27. The summed E-state index contributed by atoms with van der Waals surface area (Å²) >= 11 is 0. The first-order valence-corrected chi connectivity index (χ1v) is 5.53. The standard InChI is InChI=1S/C10H20N4O2/c1-2-5-14-10(9(11)6-13-14)12-4-3-8(16)7-15/h6,8,12,15-16H,2-5,7,11H2,1H3. The molecule has 0 aliphatic carbocycles. The molecule has 0 amide bonds. The van der Waals surface area contributed by atoms with Gasteiger partial charge >= 0.3 is 0 Å². The van der Waals surface area contributed by atoms with Gasteiger partial charge in [-0.15, -0.1) is 0 Å². The SMILES string of the molecule is CCCn1ncc(N)c1NCCC(O)CO.